The molecule has 0 atom stereocenters. The molecule has 0 fully saturated rings. The van der Waals surface area contributed by atoms with E-state index in [1.54, 1.807) is 42.5 Å². The minimum atomic E-state index is -1.35. The maximum absolute atomic E-state index is 11.6. The summed E-state index contributed by atoms with van der Waals surface area (Å²) >= 11 is 0. The Balaban J connectivity index is 2.49. The number of hydrogen-bond donors (Lipinski definition) is 2. The van der Waals surface area contributed by atoms with Crippen LogP contribution in [0.1, 0.15) is 20.7 Å². The molecule has 0 amide bonds. The van der Waals surface area contributed by atoms with Gasteiger partial charge < -0.3 is 10.2 Å². The SMILES string of the molecule is O=C(O)c1c(-c2ccccn2)nc2ccccc2c1C(=O)O. The van der Waals surface area contributed by atoms with E-state index in [9.17, 15) is 19.8 Å². The highest BCUT2D eigenvalue weighted by Crippen LogP contribution is 2.29. The van der Waals surface area contributed by atoms with Gasteiger partial charge in [-0.25, -0.2) is 14.6 Å². The van der Waals surface area contributed by atoms with Gasteiger partial charge in [0.25, 0.3) is 0 Å². The summed E-state index contributed by atoms with van der Waals surface area (Å²) < 4.78 is 0. The van der Waals surface area contributed by atoms with Crippen molar-refractivity contribution in [2.24, 2.45) is 0 Å². The monoisotopic (exact) mass is 294 g/mol. The summed E-state index contributed by atoms with van der Waals surface area (Å²) in [5.74, 6) is -2.66. The normalized spacial score (nSPS) is 10.5. The highest BCUT2D eigenvalue weighted by molar-refractivity contribution is 6.13. The van der Waals surface area contributed by atoms with E-state index >= 15 is 0 Å². The predicted octanol–water partition coefficient (Wildman–Crippen LogP) is 2.69. The van der Waals surface area contributed by atoms with Crippen LogP contribution in [0.25, 0.3) is 22.3 Å². The average Bonchev–Trinajstić information content (AvgIpc) is 2.53. The molecule has 2 N–H and O–H groups in total. The molecule has 6 heteroatoms. The van der Waals surface area contributed by atoms with Crippen LogP contribution < -0.4 is 0 Å². The summed E-state index contributed by atoms with van der Waals surface area (Å²) in [5, 5.41) is 19.2. The number of aromatic carboxylic acids is 2. The molecule has 3 rings (SSSR count). The summed E-state index contributed by atoms with van der Waals surface area (Å²) in [6.07, 6.45) is 1.50. The van der Waals surface area contributed by atoms with E-state index in [1.165, 1.54) is 6.20 Å². The number of carboxylic acids is 2. The molecule has 108 valence electrons. The van der Waals surface area contributed by atoms with Gasteiger partial charge in [-0.3, -0.25) is 4.98 Å². The molecule has 6 nitrogen and oxygen atoms in total. The highest BCUT2D eigenvalue weighted by Gasteiger charge is 2.26. The quantitative estimate of drug-likeness (QED) is 0.770. The molecule has 0 aliphatic heterocycles. The van der Waals surface area contributed by atoms with Gasteiger partial charge >= 0.3 is 11.9 Å². The molecule has 2 aromatic heterocycles. The molecule has 2 heterocycles. The molecule has 0 radical (unpaired) electrons. The van der Waals surface area contributed by atoms with Crippen LogP contribution >= 0.6 is 0 Å². The van der Waals surface area contributed by atoms with E-state index < -0.39 is 11.9 Å². The van der Waals surface area contributed by atoms with Crippen LogP contribution in [0, 0.1) is 0 Å². The molecule has 0 bridgehead atoms. The van der Waals surface area contributed by atoms with Crippen LogP contribution in [0.5, 0.6) is 0 Å². The first-order valence-corrected chi connectivity index (χ1v) is 6.40. The summed E-state index contributed by atoms with van der Waals surface area (Å²) in [6.45, 7) is 0. The van der Waals surface area contributed by atoms with Gasteiger partial charge in [0.2, 0.25) is 0 Å². The van der Waals surface area contributed by atoms with Crippen molar-refractivity contribution in [3.63, 3.8) is 0 Å². The van der Waals surface area contributed by atoms with Crippen molar-refractivity contribution in [2.75, 3.05) is 0 Å². The molecule has 0 aliphatic carbocycles. The molecule has 1 aromatic carbocycles. The highest BCUT2D eigenvalue weighted by atomic mass is 16.4. The van der Waals surface area contributed by atoms with Crippen molar-refractivity contribution in [2.45, 2.75) is 0 Å². The van der Waals surface area contributed by atoms with Crippen LogP contribution in [0.4, 0.5) is 0 Å². The fraction of sp³-hybridized carbons (Fsp3) is 0. The molecule has 0 aliphatic rings. The van der Waals surface area contributed by atoms with Gasteiger partial charge in [0.05, 0.1) is 16.8 Å². The lowest BCUT2D eigenvalue weighted by Crippen LogP contribution is -2.12. The third-order valence-electron chi connectivity index (χ3n) is 3.23. The molecule has 0 saturated heterocycles. The van der Waals surface area contributed by atoms with Crippen molar-refractivity contribution in [1.82, 2.24) is 9.97 Å². The predicted molar refractivity (Wildman–Crippen MR) is 78.9 cm³/mol. The van der Waals surface area contributed by atoms with Gasteiger partial charge in [-0.15, -0.1) is 0 Å². The molecule has 0 spiro atoms. The molecule has 3 aromatic rings. The largest absolute Gasteiger partial charge is 0.478 e. The topological polar surface area (TPSA) is 100 Å². The lowest BCUT2D eigenvalue weighted by Gasteiger charge is -2.11. The van der Waals surface area contributed by atoms with E-state index in [0.717, 1.165) is 0 Å². The number of pyridine rings is 2. The first kappa shape index (κ1) is 13.7. The zero-order chi connectivity index (χ0) is 15.7. The standard InChI is InChI=1S/C16H10N2O4/c19-15(20)12-9-5-1-2-6-10(9)18-14(13(12)16(21)22)11-7-3-4-8-17-11/h1-8H,(H,19,20)(H,21,22). The van der Waals surface area contributed by atoms with Gasteiger partial charge in [0.15, 0.2) is 0 Å². The number of para-hydroxylation sites is 1. The second-order valence-corrected chi connectivity index (χ2v) is 4.55. The Morgan fingerprint density at radius 1 is 0.864 bits per heavy atom. The van der Waals surface area contributed by atoms with Crippen molar-refractivity contribution >= 4 is 22.8 Å². The van der Waals surface area contributed by atoms with Crippen LogP contribution in [0.15, 0.2) is 48.7 Å². The Morgan fingerprint density at radius 2 is 1.55 bits per heavy atom. The number of carbonyl (C=O) groups is 2. The third-order valence-corrected chi connectivity index (χ3v) is 3.23. The van der Waals surface area contributed by atoms with Crippen molar-refractivity contribution in [3.8, 4) is 11.4 Å². The van der Waals surface area contributed by atoms with Crippen molar-refractivity contribution in [1.29, 1.82) is 0 Å². The van der Waals surface area contributed by atoms with Crippen LogP contribution in [-0.4, -0.2) is 32.1 Å². The van der Waals surface area contributed by atoms with Crippen LogP contribution in [0.2, 0.25) is 0 Å². The van der Waals surface area contributed by atoms with Crippen LogP contribution in [0.3, 0.4) is 0 Å². The fourth-order valence-electron chi connectivity index (χ4n) is 2.33. The fourth-order valence-corrected chi connectivity index (χ4v) is 2.33. The maximum atomic E-state index is 11.6. The molecule has 22 heavy (non-hydrogen) atoms. The van der Waals surface area contributed by atoms with Gasteiger partial charge in [0.1, 0.15) is 11.3 Å². The summed E-state index contributed by atoms with van der Waals surface area (Å²) in [6, 6.07) is 11.5. The average molecular weight is 294 g/mol. The number of aromatic nitrogens is 2. The smallest absolute Gasteiger partial charge is 0.338 e. The van der Waals surface area contributed by atoms with E-state index in [-0.39, 0.29) is 22.2 Å². The minimum absolute atomic E-state index is 0.0456. The second kappa shape index (κ2) is 5.25. The Morgan fingerprint density at radius 3 is 2.18 bits per heavy atom. The molecule has 0 saturated carbocycles. The van der Waals surface area contributed by atoms with E-state index in [2.05, 4.69) is 9.97 Å². The number of hydrogen-bond acceptors (Lipinski definition) is 4. The maximum Gasteiger partial charge on any atom is 0.338 e. The third kappa shape index (κ3) is 2.16. The summed E-state index contributed by atoms with van der Waals surface area (Å²) in [7, 11) is 0. The minimum Gasteiger partial charge on any atom is -0.478 e. The van der Waals surface area contributed by atoms with Gasteiger partial charge in [-0.2, -0.15) is 0 Å². The van der Waals surface area contributed by atoms with E-state index in [1.807, 2.05) is 0 Å². The second-order valence-electron chi connectivity index (χ2n) is 4.55. The molecular formula is C16H10N2O4. The number of carboxylic acid groups (broad SMARTS) is 2. The Bertz CT molecular complexity index is 891. The van der Waals surface area contributed by atoms with Crippen molar-refractivity contribution < 1.29 is 19.8 Å². The van der Waals surface area contributed by atoms with Crippen molar-refractivity contribution in [3.05, 3.63) is 59.8 Å². The Hall–Kier alpha value is -3.28. The van der Waals surface area contributed by atoms with E-state index in [4.69, 9.17) is 0 Å². The summed E-state index contributed by atoms with van der Waals surface area (Å²) in [5.41, 5.74) is 0.131. The first-order chi connectivity index (χ1) is 10.6. The van der Waals surface area contributed by atoms with Crippen LogP contribution in [-0.2, 0) is 0 Å². The lowest BCUT2D eigenvalue weighted by atomic mass is 9.98. The Labute approximate surface area is 124 Å². The number of fused-ring (bicyclic) bond motifs is 1. The van der Waals surface area contributed by atoms with Gasteiger partial charge in [-0.05, 0) is 18.2 Å². The van der Waals surface area contributed by atoms with E-state index in [0.29, 0.717) is 11.2 Å². The zero-order valence-electron chi connectivity index (χ0n) is 11.2. The summed E-state index contributed by atoms with van der Waals surface area (Å²) in [4.78, 5) is 31.6. The van der Waals surface area contributed by atoms with Gasteiger partial charge in [0, 0.05) is 11.6 Å². The number of benzene rings is 1. The lowest BCUT2D eigenvalue weighted by molar-refractivity contribution is 0.0653. The Kier molecular flexibility index (Phi) is 3.27. The molecule has 0 unspecified atom stereocenters. The zero-order valence-corrected chi connectivity index (χ0v) is 11.2. The van der Waals surface area contributed by atoms with Gasteiger partial charge in [-0.1, -0.05) is 24.3 Å². The molecular weight excluding hydrogens is 284 g/mol. The first-order valence-electron chi connectivity index (χ1n) is 6.40. The number of rotatable bonds is 3. The number of nitrogens with zero attached hydrogens (tertiary/aromatic N) is 2.